The Hall–Kier alpha value is -0.900. The molecule has 112 valence electrons. The Morgan fingerprint density at radius 2 is 1.95 bits per heavy atom. The monoisotopic (exact) mass is 277 g/mol. The van der Waals surface area contributed by atoms with Crippen LogP contribution in [0.5, 0.6) is 0 Å². The number of ether oxygens (including phenoxy) is 1. The smallest absolute Gasteiger partial charge is 0.0662 e. The van der Waals surface area contributed by atoms with E-state index in [1.165, 1.54) is 5.56 Å². The van der Waals surface area contributed by atoms with Crippen LogP contribution in [0.1, 0.15) is 44.2 Å². The van der Waals surface area contributed by atoms with Gasteiger partial charge in [0.1, 0.15) is 0 Å². The average molecular weight is 277 g/mol. The van der Waals surface area contributed by atoms with Gasteiger partial charge in [-0.05, 0) is 37.2 Å². The second-order valence-electron chi connectivity index (χ2n) is 5.73. The van der Waals surface area contributed by atoms with Gasteiger partial charge in [-0.15, -0.1) is 0 Å². The molecule has 1 saturated heterocycles. The summed E-state index contributed by atoms with van der Waals surface area (Å²) in [6.45, 7) is 4.47. The quantitative estimate of drug-likeness (QED) is 0.805. The molecule has 0 radical (unpaired) electrons. The van der Waals surface area contributed by atoms with Crippen molar-refractivity contribution in [2.24, 2.45) is 5.92 Å². The zero-order chi connectivity index (χ0) is 14.2. The van der Waals surface area contributed by atoms with Gasteiger partial charge in [-0.3, -0.25) is 0 Å². The molecule has 0 bridgehead atoms. The van der Waals surface area contributed by atoms with Gasteiger partial charge in [-0.2, -0.15) is 0 Å². The van der Waals surface area contributed by atoms with Crippen molar-refractivity contribution in [1.82, 2.24) is 5.32 Å². The van der Waals surface area contributed by atoms with E-state index in [4.69, 9.17) is 4.74 Å². The molecule has 0 aliphatic carbocycles. The van der Waals surface area contributed by atoms with Gasteiger partial charge in [0.15, 0.2) is 0 Å². The average Bonchev–Trinajstić information content (AvgIpc) is 2.53. The van der Waals surface area contributed by atoms with Gasteiger partial charge < -0.3 is 15.2 Å². The van der Waals surface area contributed by atoms with Crippen molar-refractivity contribution < 1.29 is 9.84 Å². The zero-order valence-corrected chi connectivity index (χ0v) is 12.4. The molecule has 0 spiro atoms. The number of aliphatic hydroxyl groups is 1. The lowest BCUT2D eigenvalue weighted by molar-refractivity contribution is 0.0596. The molecule has 3 heteroatoms. The van der Waals surface area contributed by atoms with Crippen LogP contribution in [-0.4, -0.2) is 31.0 Å². The Bertz CT molecular complexity index is 363. The standard InChI is InChI=1S/C17H27NO2/c1-2-16(19)13-18-17(15-6-4-3-5-7-15)12-14-8-10-20-11-9-14/h3-7,14,16-19H,2,8-13H2,1H3/t16-,17-/m0/s1. The largest absolute Gasteiger partial charge is 0.392 e. The molecule has 0 unspecified atom stereocenters. The molecular formula is C17H27NO2. The highest BCUT2D eigenvalue weighted by atomic mass is 16.5. The Labute approximate surface area is 122 Å². The minimum absolute atomic E-state index is 0.254. The number of nitrogens with one attached hydrogen (secondary N) is 1. The van der Waals surface area contributed by atoms with Crippen LogP contribution in [0.4, 0.5) is 0 Å². The molecule has 1 fully saturated rings. The van der Waals surface area contributed by atoms with Crippen molar-refractivity contribution in [1.29, 1.82) is 0 Å². The number of aliphatic hydroxyl groups excluding tert-OH is 1. The van der Waals surface area contributed by atoms with Crippen LogP contribution in [0, 0.1) is 5.92 Å². The molecule has 1 aromatic rings. The third-order valence-electron chi connectivity index (χ3n) is 4.18. The minimum atomic E-state index is -0.254. The molecule has 2 N–H and O–H groups in total. The number of rotatable bonds is 7. The van der Waals surface area contributed by atoms with Gasteiger partial charge in [0.2, 0.25) is 0 Å². The second kappa shape index (κ2) is 8.40. The lowest BCUT2D eigenvalue weighted by Gasteiger charge is -2.28. The van der Waals surface area contributed by atoms with Crippen LogP contribution in [0.25, 0.3) is 0 Å². The predicted octanol–water partition coefficient (Wildman–Crippen LogP) is 2.90. The van der Waals surface area contributed by atoms with Crippen LogP contribution < -0.4 is 5.32 Å². The molecule has 1 aliphatic heterocycles. The van der Waals surface area contributed by atoms with E-state index < -0.39 is 0 Å². The van der Waals surface area contributed by atoms with E-state index in [1.807, 2.05) is 6.92 Å². The van der Waals surface area contributed by atoms with E-state index in [9.17, 15) is 5.11 Å². The topological polar surface area (TPSA) is 41.5 Å². The molecule has 0 amide bonds. The minimum Gasteiger partial charge on any atom is -0.392 e. The Kier molecular flexibility index (Phi) is 6.51. The van der Waals surface area contributed by atoms with E-state index in [0.29, 0.717) is 12.6 Å². The lowest BCUT2D eigenvalue weighted by atomic mass is 9.89. The molecule has 2 atom stereocenters. The van der Waals surface area contributed by atoms with E-state index in [-0.39, 0.29) is 6.10 Å². The molecule has 0 aromatic heterocycles. The predicted molar refractivity (Wildman–Crippen MR) is 81.6 cm³/mol. The first kappa shape index (κ1) is 15.5. The van der Waals surface area contributed by atoms with Crippen molar-refractivity contribution in [2.75, 3.05) is 19.8 Å². The van der Waals surface area contributed by atoms with Crippen molar-refractivity contribution >= 4 is 0 Å². The van der Waals surface area contributed by atoms with Crippen LogP contribution in [0.2, 0.25) is 0 Å². The van der Waals surface area contributed by atoms with Crippen molar-refractivity contribution in [3.8, 4) is 0 Å². The Balaban J connectivity index is 1.95. The number of hydrogen-bond donors (Lipinski definition) is 2. The fraction of sp³-hybridized carbons (Fsp3) is 0.647. The van der Waals surface area contributed by atoms with Crippen LogP contribution in [0.15, 0.2) is 30.3 Å². The first-order chi connectivity index (χ1) is 9.79. The maximum absolute atomic E-state index is 9.78. The first-order valence-electron chi connectivity index (χ1n) is 7.83. The number of benzene rings is 1. The normalized spacial score (nSPS) is 19.7. The van der Waals surface area contributed by atoms with Gasteiger partial charge in [0.05, 0.1) is 6.10 Å². The molecule has 1 heterocycles. The third kappa shape index (κ3) is 4.89. The van der Waals surface area contributed by atoms with Crippen LogP contribution in [0.3, 0.4) is 0 Å². The van der Waals surface area contributed by atoms with Gasteiger partial charge in [0.25, 0.3) is 0 Å². The van der Waals surface area contributed by atoms with E-state index >= 15 is 0 Å². The summed E-state index contributed by atoms with van der Waals surface area (Å²) in [4.78, 5) is 0. The summed E-state index contributed by atoms with van der Waals surface area (Å²) < 4.78 is 5.44. The Morgan fingerprint density at radius 3 is 2.60 bits per heavy atom. The summed E-state index contributed by atoms with van der Waals surface area (Å²) in [5.41, 5.74) is 1.32. The van der Waals surface area contributed by atoms with Gasteiger partial charge >= 0.3 is 0 Å². The highest BCUT2D eigenvalue weighted by Crippen LogP contribution is 2.27. The van der Waals surface area contributed by atoms with E-state index in [2.05, 4.69) is 35.6 Å². The second-order valence-corrected chi connectivity index (χ2v) is 5.73. The van der Waals surface area contributed by atoms with Gasteiger partial charge in [-0.25, -0.2) is 0 Å². The summed E-state index contributed by atoms with van der Waals surface area (Å²) in [6.07, 6.45) is 3.98. The van der Waals surface area contributed by atoms with Gasteiger partial charge in [-0.1, -0.05) is 37.3 Å². The van der Waals surface area contributed by atoms with Gasteiger partial charge in [0, 0.05) is 25.8 Å². The SMILES string of the molecule is CC[C@H](O)CN[C@@H](CC1CCOCC1)c1ccccc1. The third-order valence-corrected chi connectivity index (χ3v) is 4.18. The fourth-order valence-electron chi connectivity index (χ4n) is 2.76. The summed E-state index contributed by atoms with van der Waals surface area (Å²) >= 11 is 0. The molecular weight excluding hydrogens is 250 g/mol. The summed E-state index contributed by atoms with van der Waals surface area (Å²) in [5.74, 6) is 0.722. The van der Waals surface area contributed by atoms with Crippen molar-refractivity contribution in [3.63, 3.8) is 0 Å². The van der Waals surface area contributed by atoms with Crippen molar-refractivity contribution in [2.45, 2.75) is 44.8 Å². The number of hydrogen-bond acceptors (Lipinski definition) is 3. The van der Waals surface area contributed by atoms with Crippen molar-refractivity contribution in [3.05, 3.63) is 35.9 Å². The summed E-state index contributed by atoms with van der Waals surface area (Å²) in [6, 6.07) is 10.9. The zero-order valence-electron chi connectivity index (χ0n) is 12.4. The first-order valence-corrected chi connectivity index (χ1v) is 7.83. The summed E-state index contributed by atoms with van der Waals surface area (Å²) in [7, 11) is 0. The molecule has 20 heavy (non-hydrogen) atoms. The molecule has 3 nitrogen and oxygen atoms in total. The highest BCUT2D eigenvalue weighted by Gasteiger charge is 2.20. The molecule has 1 aromatic carbocycles. The van der Waals surface area contributed by atoms with E-state index in [0.717, 1.165) is 44.8 Å². The molecule has 1 aliphatic rings. The lowest BCUT2D eigenvalue weighted by Crippen LogP contribution is -2.32. The summed E-state index contributed by atoms with van der Waals surface area (Å²) in [5, 5.41) is 13.3. The van der Waals surface area contributed by atoms with Crippen LogP contribution >= 0.6 is 0 Å². The fourth-order valence-corrected chi connectivity index (χ4v) is 2.76. The maximum Gasteiger partial charge on any atom is 0.0662 e. The molecule has 2 rings (SSSR count). The Morgan fingerprint density at radius 1 is 1.25 bits per heavy atom. The van der Waals surface area contributed by atoms with E-state index in [1.54, 1.807) is 0 Å². The molecule has 0 saturated carbocycles. The maximum atomic E-state index is 9.78. The van der Waals surface area contributed by atoms with Crippen LogP contribution in [-0.2, 0) is 4.74 Å². The highest BCUT2D eigenvalue weighted by molar-refractivity contribution is 5.19.